The van der Waals surface area contributed by atoms with Crippen LogP contribution in [0.25, 0.3) is 0 Å². The zero-order valence-corrected chi connectivity index (χ0v) is 11.7. The van der Waals surface area contributed by atoms with Gasteiger partial charge in [-0.3, -0.25) is 0 Å². The molecule has 2 aromatic carbocycles. The third-order valence-electron chi connectivity index (χ3n) is 2.84. The van der Waals surface area contributed by atoms with Crippen molar-refractivity contribution in [2.75, 3.05) is 7.11 Å². The van der Waals surface area contributed by atoms with Crippen molar-refractivity contribution in [3.8, 4) is 5.75 Å². The lowest BCUT2D eigenvalue weighted by Gasteiger charge is -2.15. The molecule has 1 unspecified atom stereocenters. The van der Waals surface area contributed by atoms with Crippen molar-refractivity contribution in [3.05, 3.63) is 63.6 Å². The van der Waals surface area contributed by atoms with Gasteiger partial charge < -0.3 is 10.5 Å². The summed E-state index contributed by atoms with van der Waals surface area (Å²) in [7, 11) is 1.45. The fourth-order valence-electron chi connectivity index (χ4n) is 1.81. The van der Waals surface area contributed by atoms with Gasteiger partial charge in [-0.2, -0.15) is 0 Å². The van der Waals surface area contributed by atoms with Gasteiger partial charge in [0.2, 0.25) is 0 Å². The molecule has 0 saturated carbocycles. The Balaban J connectivity index is 2.41. The minimum Gasteiger partial charge on any atom is -0.497 e. The maximum Gasteiger partial charge on any atom is 0.132 e. The molecule has 2 nitrogen and oxygen atoms in total. The van der Waals surface area contributed by atoms with Crippen molar-refractivity contribution in [2.45, 2.75) is 6.04 Å². The molecular weight excluding hydrogens is 316 g/mol. The van der Waals surface area contributed by atoms with Crippen molar-refractivity contribution in [1.82, 2.24) is 0 Å². The van der Waals surface area contributed by atoms with Crippen molar-refractivity contribution >= 4 is 15.9 Å². The SMILES string of the molecule is COc1ccc(C(N)c2ccc(Br)cc2F)c(F)c1. The number of benzene rings is 2. The summed E-state index contributed by atoms with van der Waals surface area (Å²) in [6.45, 7) is 0. The van der Waals surface area contributed by atoms with Gasteiger partial charge in [0.25, 0.3) is 0 Å². The number of halogens is 3. The predicted octanol–water partition coefficient (Wildman–Crippen LogP) is 3.78. The molecule has 0 aliphatic heterocycles. The Morgan fingerprint density at radius 2 is 1.63 bits per heavy atom. The molecule has 100 valence electrons. The van der Waals surface area contributed by atoms with Crippen LogP contribution in [-0.2, 0) is 0 Å². The summed E-state index contributed by atoms with van der Waals surface area (Å²) in [6, 6.07) is 7.96. The average molecular weight is 328 g/mol. The second-order valence-electron chi connectivity index (χ2n) is 4.03. The quantitative estimate of drug-likeness (QED) is 0.931. The fraction of sp³-hybridized carbons (Fsp3) is 0.143. The van der Waals surface area contributed by atoms with Gasteiger partial charge in [0.1, 0.15) is 17.4 Å². The zero-order chi connectivity index (χ0) is 14.0. The normalized spacial score (nSPS) is 12.3. The van der Waals surface area contributed by atoms with Gasteiger partial charge in [0.15, 0.2) is 0 Å². The van der Waals surface area contributed by atoms with Gasteiger partial charge in [-0.05, 0) is 18.2 Å². The third-order valence-corrected chi connectivity index (χ3v) is 3.33. The van der Waals surface area contributed by atoms with E-state index in [0.717, 1.165) is 0 Å². The molecule has 0 bridgehead atoms. The Kier molecular flexibility index (Phi) is 4.17. The van der Waals surface area contributed by atoms with E-state index in [1.807, 2.05) is 0 Å². The number of ether oxygens (including phenoxy) is 1. The van der Waals surface area contributed by atoms with Crippen LogP contribution in [0.5, 0.6) is 5.75 Å². The van der Waals surface area contributed by atoms with E-state index in [0.29, 0.717) is 10.2 Å². The predicted molar refractivity (Wildman–Crippen MR) is 73.1 cm³/mol. The van der Waals surface area contributed by atoms with Crippen LogP contribution in [0.3, 0.4) is 0 Å². The molecule has 1 atom stereocenters. The van der Waals surface area contributed by atoms with E-state index in [1.54, 1.807) is 12.1 Å². The number of methoxy groups -OCH3 is 1. The van der Waals surface area contributed by atoms with E-state index >= 15 is 0 Å². The van der Waals surface area contributed by atoms with E-state index in [1.165, 1.54) is 31.4 Å². The van der Waals surface area contributed by atoms with Crippen LogP contribution >= 0.6 is 15.9 Å². The highest BCUT2D eigenvalue weighted by Crippen LogP contribution is 2.28. The molecular formula is C14H12BrF2NO. The lowest BCUT2D eigenvalue weighted by molar-refractivity contribution is 0.410. The van der Waals surface area contributed by atoms with Crippen LogP contribution in [0.15, 0.2) is 40.9 Å². The smallest absolute Gasteiger partial charge is 0.132 e. The first-order chi connectivity index (χ1) is 9.02. The van der Waals surface area contributed by atoms with Gasteiger partial charge in [0, 0.05) is 21.7 Å². The number of nitrogens with two attached hydrogens (primary N) is 1. The molecule has 0 amide bonds. The van der Waals surface area contributed by atoms with E-state index < -0.39 is 17.7 Å². The van der Waals surface area contributed by atoms with E-state index in [4.69, 9.17) is 10.5 Å². The molecule has 2 aromatic rings. The van der Waals surface area contributed by atoms with Crippen molar-refractivity contribution < 1.29 is 13.5 Å². The van der Waals surface area contributed by atoms with Crippen LogP contribution in [-0.4, -0.2) is 7.11 Å². The van der Waals surface area contributed by atoms with Gasteiger partial charge in [-0.25, -0.2) is 8.78 Å². The first-order valence-corrected chi connectivity index (χ1v) is 6.36. The topological polar surface area (TPSA) is 35.2 Å². The molecule has 0 heterocycles. The molecule has 2 N–H and O–H groups in total. The Hall–Kier alpha value is -1.46. The summed E-state index contributed by atoms with van der Waals surface area (Å²) in [6.07, 6.45) is 0. The van der Waals surface area contributed by atoms with E-state index in [2.05, 4.69) is 15.9 Å². The first kappa shape index (κ1) is 14.0. The summed E-state index contributed by atoms with van der Waals surface area (Å²) < 4.78 is 33.2. The maximum atomic E-state index is 13.9. The van der Waals surface area contributed by atoms with Crippen molar-refractivity contribution in [3.63, 3.8) is 0 Å². The highest BCUT2D eigenvalue weighted by molar-refractivity contribution is 9.10. The minimum atomic E-state index is -0.862. The van der Waals surface area contributed by atoms with Gasteiger partial charge in [0.05, 0.1) is 13.2 Å². The number of hydrogen-bond acceptors (Lipinski definition) is 2. The molecule has 0 saturated heterocycles. The largest absolute Gasteiger partial charge is 0.497 e. The molecule has 0 fully saturated rings. The first-order valence-electron chi connectivity index (χ1n) is 5.57. The third kappa shape index (κ3) is 2.93. The number of hydrogen-bond donors (Lipinski definition) is 1. The Morgan fingerprint density at radius 1 is 1.05 bits per heavy atom. The fourth-order valence-corrected chi connectivity index (χ4v) is 2.14. The lowest BCUT2D eigenvalue weighted by atomic mass is 9.98. The second-order valence-corrected chi connectivity index (χ2v) is 4.95. The van der Waals surface area contributed by atoms with Gasteiger partial charge >= 0.3 is 0 Å². The van der Waals surface area contributed by atoms with Crippen LogP contribution in [0.2, 0.25) is 0 Å². The van der Waals surface area contributed by atoms with Crippen molar-refractivity contribution in [1.29, 1.82) is 0 Å². The Morgan fingerprint density at radius 3 is 2.16 bits per heavy atom. The lowest BCUT2D eigenvalue weighted by Crippen LogP contribution is -2.15. The second kappa shape index (κ2) is 5.67. The van der Waals surface area contributed by atoms with E-state index in [-0.39, 0.29) is 11.1 Å². The Bertz CT molecular complexity index is 604. The van der Waals surface area contributed by atoms with E-state index in [9.17, 15) is 8.78 Å². The summed E-state index contributed by atoms with van der Waals surface area (Å²) in [5.41, 5.74) is 6.39. The van der Waals surface area contributed by atoms with Crippen LogP contribution < -0.4 is 10.5 Å². The molecule has 0 aliphatic carbocycles. The Labute approximate surface area is 118 Å². The molecule has 2 rings (SSSR count). The molecule has 0 aliphatic rings. The molecule has 0 radical (unpaired) electrons. The molecule has 0 aromatic heterocycles. The summed E-state index contributed by atoms with van der Waals surface area (Å²) in [5, 5.41) is 0. The van der Waals surface area contributed by atoms with Gasteiger partial charge in [-0.15, -0.1) is 0 Å². The standard InChI is InChI=1S/C14H12BrF2NO/c1-19-9-3-5-11(13(17)7-9)14(18)10-4-2-8(15)6-12(10)16/h2-7,14H,18H2,1H3. The number of rotatable bonds is 3. The highest BCUT2D eigenvalue weighted by Gasteiger charge is 2.17. The molecule has 0 spiro atoms. The van der Waals surface area contributed by atoms with Crippen LogP contribution in [0.1, 0.15) is 17.2 Å². The maximum absolute atomic E-state index is 13.9. The zero-order valence-electron chi connectivity index (χ0n) is 10.2. The van der Waals surface area contributed by atoms with Gasteiger partial charge in [-0.1, -0.05) is 28.1 Å². The molecule has 5 heteroatoms. The summed E-state index contributed by atoms with van der Waals surface area (Å²) in [4.78, 5) is 0. The minimum absolute atomic E-state index is 0.224. The van der Waals surface area contributed by atoms with Crippen LogP contribution in [0.4, 0.5) is 8.78 Å². The average Bonchev–Trinajstić information content (AvgIpc) is 2.37. The highest BCUT2D eigenvalue weighted by atomic mass is 79.9. The van der Waals surface area contributed by atoms with Crippen LogP contribution in [0, 0.1) is 11.6 Å². The van der Waals surface area contributed by atoms with Crippen molar-refractivity contribution in [2.24, 2.45) is 5.73 Å². The monoisotopic (exact) mass is 327 g/mol. The molecule has 19 heavy (non-hydrogen) atoms. The summed E-state index contributed by atoms with van der Waals surface area (Å²) in [5.74, 6) is -0.601. The summed E-state index contributed by atoms with van der Waals surface area (Å²) >= 11 is 3.16.